The van der Waals surface area contributed by atoms with Crippen LogP contribution in [0.4, 0.5) is 0 Å². The number of imidazole rings is 1. The minimum Gasteiger partial charge on any atom is -0.335 e. The Bertz CT molecular complexity index is 369. The first-order valence-corrected chi connectivity index (χ1v) is 8.05. The fourth-order valence-corrected chi connectivity index (χ4v) is 4.24. The van der Waals surface area contributed by atoms with Crippen molar-refractivity contribution in [2.45, 2.75) is 57.4 Å². The van der Waals surface area contributed by atoms with Gasteiger partial charge in [0.1, 0.15) is 5.82 Å². The number of likely N-dealkylation sites (N-methyl/N-ethyl adjacent to an activating group) is 1. The van der Waals surface area contributed by atoms with E-state index in [1.165, 1.54) is 24.4 Å². The number of nitrogens with zero attached hydrogens (tertiary/aromatic N) is 2. The standard InChI is InChI=1S/C14H25N3S/c1-4-15-12(14(3)7-6-10-18-14)11-13-16-8-9-17(13)5-2/h8-9,12,15H,4-7,10-11H2,1-3H3. The normalized spacial score (nSPS) is 25.5. The summed E-state index contributed by atoms with van der Waals surface area (Å²) in [6.45, 7) is 8.84. The molecule has 2 unspecified atom stereocenters. The second-order valence-corrected chi connectivity index (χ2v) is 6.84. The van der Waals surface area contributed by atoms with Crippen LogP contribution >= 0.6 is 11.8 Å². The Hall–Kier alpha value is -0.480. The predicted molar refractivity (Wildman–Crippen MR) is 79.2 cm³/mol. The smallest absolute Gasteiger partial charge is 0.110 e. The third-order valence-corrected chi connectivity index (χ3v) is 5.61. The Morgan fingerprint density at radius 3 is 3.00 bits per heavy atom. The molecule has 0 aliphatic carbocycles. The lowest BCUT2D eigenvalue weighted by molar-refractivity contribution is 0.396. The van der Waals surface area contributed by atoms with Crippen LogP contribution in [0.2, 0.25) is 0 Å². The van der Waals surface area contributed by atoms with Crippen LogP contribution in [0.5, 0.6) is 0 Å². The Balaban J connectivity index is 2.11. The lowest BCUT2D eigenvalue weighted by Crippen LogP contribution is -2.47. The van der Waals surface area contributed by atoms with Crippen molar-refractivity contribution in [2.24, 2.45) is 0 Å². The van der Waals surface area contributed by atoms with Crippen LogP contribution in [0.15, 0.2) is 12.4 Å². The van der Waals surface area contributed by atoms with E-state index in [9.17, 15) is 0 Å². The second kappa shape index (κ2) is 6.11. The summed E-state index contributed by atoms with van der Waals surface area (Å²) in [4.78, 5) is 4.53. The van der Waals surface area contributed by atoms with Crippen molar-refractivity contribution < 1.29 is 0 Å². The van der Waals surface area contributed by atoms with Gasteiger partial charge in [-0.2, -0.15) is 11.8 Å². The zero-order valence-electron chi connectivity index (χ0n) is 11.8. The van der Waals surface area contributed by atoms with E-state index < -0.39 is 0 Å². The fourth-order valence-electron chi connectivity index (χ4n) is 2.83. The maximum Gasteiger partial charge on any atom is 0.110 e. The van der Waals surface area contributed by atoms with Gasteiger partial charge in [0.25, 0.3) is 0 Å². The first kappa shape index (κ1) is 13.9. The molecule has 1 aromatic rings. The second-order valence-electron chi connectivity index (χ2n) is 5.21. The summed E-state index contributed by atoms with van der Waals surface area (Å²) in [6, 6.07) is 0.530. The van der Waals surface area contributed by atoms with Crippen LogP contribution in [0.1, 0.15) is 39.4 Å². The molecule has 1 aromatic heterocycles. The van der Waals surface area contributed by atoms with Crippen LogP contribution in [0.3, 0.4) is 0 Å². The highest BCUT2D eigenvalue weighted by Gasteiger charge is 2.37. The van der Waals surface area contributed by atoms with E-state index in [4.69, 9.17) is 0 Å². The van der Waals surface area contributed by atoms with E-state index in [0.29, 0.717) is 10.8 Å². The van der Waals surface area contributed by atoms with Crippen LogP contribution in [-0.2, 0) is 13.0 Å². The molecule has 0 spiro atoms. The van der Waals surface area contributed by atoms with E-state index in [1.807, 2.05) is 6.20 Å². The molecule has 1 aliphatic rings. The number of aryl methyl sites for hydroxylation is 1. The SMILES string of the molecule is CCNC(Cc1nccn1CC)C1(C)CCCS1. The van der Waals surface area contributed by atoms with Crippen molar-refractivity contribution in [3.05, 3.63) is 18.2 Å². The maximum absolute atomic E-state index is 4.53. The molecular weight excluding hydrogens is 242 g/mol. The molecule has 1 saturated heterocycles. The highest BCUT2D eigenvalue weighted by atomic mass is 32.2. The van der Waals surface area contributed by atoms with Crippen LogP contribution in [0, 0.1) is 0 Å². The first-order valence-electron chi connectivity index (χ1n) is 7.07. The van der Waals surface area contributed by atoms with Crippen molar-refractivity contribution >= 4 is 11.8 Å². The molecule has 4 heteroatoms. The number of hydrogen-bond donors (Lipinski definition) is 1. The minimum absolute atomic E-state index is 0.376. The lowest BCUT2D eigenvalue weighted by Gasteiger charge is -2.34. The highest BCUT2D eigenvalue weighted by Crippen LogP contribution is 2.41. The summed E-state index contributed by atoms with van der Waals surface area (Å²) >= 11 is 2.13. The van der Waals surface area contributed by atoms with E-state index >= 15 is 0 Å². The van der Waals surface area contributed by atoms with Crippen molar-refractivity contribution in [3.63, 3.8) is 0 Å². The van der Waals surface area contributed by atoms with Gasteiger partial charge in [-0.3, -0.25) is 0 Å². The molecular formula is C14H25N3S. The topological polar surface area (TPSA) is 29.9 Å². The van der Waals surface area contributed by atoms with Gasteiger partial charge >= 0.3 is 0 Å². The molecule has 0 radical (unpaired) electrons. The Kier molecular flexibility index (Phi) is 4.73. The number of nitrogens with one attached hydrogen (secondary N) is 1. The van der Waals surface area contributed by atoms with E-state index in [2.05, 4.69) is 53.6 Å². The van der Waals surface area contributed by atoms with Crippen LogP contribution < -0.4 is 5.32 Å². The quantitative estimate of drug-likeness (QED) is 0.859. The van der Waals surface area contributed by atoms with Gasteiger partial charge < -0.3 is 9.88 Å². The van der Waals surface area contributed by atoms with Gasteiger partial charge in [0.05, 0.1) is 0 Å². The van der Waals surface area contributed by atoms with Crippen molar-refractivity contribution in [2.75, 3.05) is 12.3 Å². The van der Waals surface area contributed by atoms with E-state index in [1.54, 1.807) is 0 Å². The lowest BCUT2D eigenvalue weighted by atomic mass is 9.93. The van der Waals surface area contributed by atoms with E-state index in [-0.39, 0.29) is 0 Å². The summed E-state index contributed by atoms with van der Waals surface area (Å²) < 4.78 is 2.63. The number of aromatic nitrogens is 2. The molecule has 2 heterocycles. The number of rotatable bonds is 6. The number of hydrogen-bond acceptors (Lipinski definition) is 3. The zero-order valence-corrected chi connectivity index (χ0v) is 12.6. The molecule has 102 valence electrons. The third-order valence-electron chi connectivity index (χ3n) is 3.97. The van der Waals surface area contributed by atoms with E-state index in [0.717, 1.165) is 19.5 Å². The molecule has 1 aliphatic heterocycles. The molecule has 0 amide bonds. The summed E-state index contributed by atoms with van der Waals surface area (Å²) in [7, 11) is 0. The van der Waals surface area contributed by atoms with Gasteiger partial charge in [0.15, 0.2) is 0 Å². The van der Waals surface area contributed by atoms with Crippen molar-refractivity contribution in [1.29, 1.82) is 0 Å². The average Bonchev–Trinajstić information content (AvgIpc) is 2.98. The summed E-state index contributed by atoms with van der Waals surface area (Å²) in [6.07, 6.45) is 7.72. The number of thioether (sulfide) groups is 1. The molecule has 3 nitrogen and oxygen atoms in total. The Morgan fingerprint density at radius 2 is 2.39 bits per heavy atom. The van der Waals surface area contributed by atoms with Crippen molar-refractivity contribution in [1.82, 2.24) is 14.9 Å². The molecule has 0 bridgehead atoms. The molecule has 18 heavy (non-hydrogen) atoms. The average molecular weight is 267 g/mol. The van der Waals surface area contributed by atoms with Gasteiger partial charge in [-0.15, -0.1) is 0 Å². The Labute approximate surface area is 115 Å². The summed E-state index contributed by atoms with van der Waals surface area (Å²) in [5.41, 5.74) is 0. The summed E-state index contributed by atoms with van der Waals surface area (Å²) in [5.74, 6) is 2.53. The Morgan fingerprint density at radius 1 is 1.56 bits per heavy atom. The molecule has 0 aromatic carbocycles. The first-order chi connectivity index (χ1) is 8.69. The molecule has 1 N–H and O–H groups in total. The summed E-state index contributed by atoms with van der Waals surface area (Å²) in [5, 5.41) is 3.68. The van der Waals surface area contributed by atoms with Gasteiger partial charge in [0.2, 0.25) is 0 Å². The van der Waals surface area contributed by atoms with Gasteiger partial charge in [-0.1, -0.05) is 6.92 Å². The monoisotopic (exact) mass is 267 g/mol. The van der Waals surface area contributed by atoms with Crippen molar-refractivity contribution in [3.8, 4) is 0 Å². The molecule has 1 fully saturated rings. The van der Waals surface area contributed by atoms with Crippen LogP contribution in [0.25, 0.3) is 0 Å². The fraction of sp³-hybridized carbons (Fsp3) is 0.786. The zero-order chi connectivity index (χ0) is 13.0. The molecule has 2 rings (SSSR count). The maximum atomic E-state index is 4.53. The largest absolute Gasteiger partial charge is 0.335 e. The molecule has 0 saturated carbocycles. The third kappa shape index (κ3) is 2.91. The van der Waals surface area contributed by atoms with Gasteiger partial charge in [-0.05, 0) is 39.0 Å². The minimum atomic E-state index is 0.376. The molecule has 2 atom stereocenters. The predicted octanol–water partition coefficient (Wildman–Crippen LogP) is 2.71. The van der Waals surface area contributed by atoms with Gasteiger partial charge in [0, 0.05) is 36.1 Å². The van der Waals surface area contributed by atoms with Crippen LogP contribution in [-0.4, -0.2) is 32.6 Å². The highest BCUT2D eigenvalue weighted by molar-refractivity contribution is 8.00. The van der Waals surface area contributed by atoms with Gasteiger partial charge in [-0.25, -0.2) is 4.98 Å².